The number of para-hydroxylation sites is 1. The van der Waals surface area contributed by atoms with Crippen LogP contribution in [0, 0.1) is 0 Å². The van der Waals surface area contributed by atoms with Crippen LogP contribution >= 0.6 is 0 Å². The van der Waals surface area contributed by atoms with Gasteiger partial charge in [-0.2, -0.15) is 0 Å². The van der Waals surface area contributed by atoms with Crippen LogP contribution in [-0.2, 0) is 28.0 Å². The molecule has 0 bridgehead atoms. The topological polar surface area (TPSA) is 58.6 Å². The molecule has 0 heterocycles. The van der Waals surface area contributed by atoms with E-state index in [9.17, 15) is 9.59 Å². The molecular weight excluding hydrogens is 460 g/mol. The SMILES string of the molecule is CC[C@H](C)NC(=O)[C@H](Cc1ccccc1)N(Cc1ccccc1)C(=O)COc1ccccc1C(C)(C)C. The fourth-order valence-electron chi connectivity index (χ4n) is 4.21. The quantitative estimate of drug-likeness (QED) is 0.356. The number of rotatable bonds is 11. The number of carbonyl (C=O) groups is 2. The van der Waals surface area contributed by atoms with E-state index in [1.54, 1.807) is 4.90 Å². The maximum atomic E-state index is 13.8. The summed E-state index contributed by atoms with van der Waals surface area (Å²) in [6, 6.07) is 26.8. The van der Waals surface area contributed by atoms with Crippen molar-refractivity contribution in [1.82, 2.24) is 10.2 Å². The Balaban J connectivity index is 1.92. The summed E-state index contributed by atoms with van der Waals surface area (Å²) in [5.74, 6) is 0.303. The zero-order valence-electron chi connectivity index (χ0n) is 22.7. The minimum absolute atomic E-state index is 0.00867. The Hall–Kier alpha value is -3.60. The molecule has 0 unspecified atom stereocenters. The lowest BCUT2D eigenvalue weighted by molar-refractivity contribution is -0.143. The van der Waals surface area contributed by atoms with Crippen molar-refractivity contribution >= 4 is 11.8 Å². The molecule has 0 aromatic heterocycles. The van der Waals surface area contributed by atoms with E-state index in [1.165, 1.54) is 0 Å². The van der Waals surface area contributed by atoms with Gasteiger partial charge < -0.3 is 15.0 Å². The highest BCUT2D eigenvalue weighted by atomic mass is 16.5. The van der Waals surface area contributed by atoms with Crippen LogP contribution in [0.25, 0.3) is 0 Å². The molecule has 0 saturated heterocycles. The Morgan fingerprint density at radius 3 is 2.03 bits per heavy atom. The fourth-order valence-corrected chi connectivity index (χ4v) is 4.21. The standard InChI is InChI=1S/C32H40N2O3/c1-6-24(2)33-31(36)28(21-25-15-9-7-10-16-25)34(22-26-17-11-8-12-18-26)30(35)23-37-29-20-14-13-19-27(29)32(3,4)5/h7-20,24,28H,6,21-23H2,1-5H3,(H,33,36)/t24-,28-/m0/s1. The molecule has 0 fully saturated rings. The van der Waals surface area contributed by atoms with E-state index >= 15 is 0 Å². The van der Waals surface area contributed by atoms with Crippen molar-refractivity contribution in [3.05, 3.63) is 102 Å². The third kappa shape index (κ3) is 8.21. The van der Waals surface area contributed by atoms with Crippen molar-refractivity contribution in [2.45, 2.75) is 71.5 Å². The number of ether oxygens (including phenoxy) is 1. The molecule has 37 heavy (non-hydrogen) atoms. The normalized spacial score (nSPS) is 12.9. The van der Waals surface area contributed by atoms with E-state index in [0.29, 0.717) is 18.7 Å². The van der Waals surface area contributed by atoms with E-state index in [1.807, 2.05) is 98.8 Å². The van der Waals surface area contributed by atoms with Crippen molar-refractivity contribution < 1.29 is 14.3 Å². The summed E-state index contributed by atoms with van der Waals surface area (Å²) >= 11 is 0. The molecule has 5 nitrogen and oxygen atoms in total. The Kier molecular flexibility index (Phi) is 9.90. The summed E-state index contributed by atoms with van der Waals surface area (Å²) in [6.07, 6.45) is 1.23. The second kappa shape index (κ2) is 13.1. The molecule has 0 aliphatic rings. The molecule has 5 heteroatoms. The van der Waals surface area contributed by atoms with Crippen LogP contribution in [0.15, 0.2) is 84.9 Å². The van der Waals surface area contributed by atoms with Crippen molar-refractivity contribution in [1.29, 1.82) is 0 Å². The van der Waals surface area contributed by atoms with E-state index < -0.39 is 6.04 Å². The summed E-state index contributed by atoms with van der Waals surface area (Å²) in [6.45, 7) is 10.5. The molecule has 3 rings (SSSR count). The molecule has 0 radical (unpaired) electrons. The second-order valence-corrected chi connectivity index (χ2v) is 10.6. The Morgan fingerprint density at radius 1 is 0.865 bits per heavy atom. The maximum Gasteiger partial charge on any atom is 0.261 e. The van der Waals surface area contributed by atoms with Gasteiger partial charge in [0, 0.05) is 19.0 Å². The first kappa shape index (κ1) is 28.0. The van der Waals surface area contributed by atoms with Gasteiger partial charge in [0.25, 0.3) is 5.91 Å². The van der Waals surface area contributed by atoms with Gasteiger partial charge in [-0.3, -0.25) is 9.59 Å². The van der Waals surface area contributed by atoms with Gasteiger partial charge in [-0.05, 0) is 41.5 Å². The molecule has 0 aliphatic carbocycles. The molecule has 2 atom stereocenters. The predicted molar refractivity (Wildman–Crippen MR) is 149 cm³/mol. The van der Waals surface area contributed by atoms with Crippen molar-refractivity contribution in [3.8, 4) is 5.75 Å². The molecule has 196 valence electrons. The van der Waals surface area contributed by atoms with Crippen LogP contribution in [0.3, 0.4) is 0 Å². The first-order chi connectivity index (χ1) is 17.7. The van der Waals surface area contributed by atoms with E-state index in [4.69, 9.17) is 4.74 Å². The highest BCUT2D eigenvalue weighted by Crippen LogP contribution is 2.31. The summed E-state index contributed by atoms with van der Waals surface area (Å²) < 4.78 is 6.10. The summed E-state index contributed by atoms with van der Waals surface area (Å²) in [5, 5.41) is 3.10. The maximum absolute atomic E-state index is 13.8. The average Bonchev–Trinajstić information content (AvgIpc) is 2.90. The second-order valence-electron chi connectivity index (χ2n) is 10.6. The smallest absolute Gasteiger partial charge is 0.261 e. The Labute approximate surface area is 221 Å². The van der Waals surface area contributed by atoms with Gasteiger partial charge in [-0.15, -0.1) is 0 Å². The van der Waals surface area contributed by atoms with Gasteiger partial charge in [0.2, 0.25) is 5.91 Å². The summed E-state index contributed by atoms with van der Waals surface area (Å²) in [4.78, 5) is 29.0. The number of benzene rings is 3. The van der Waals surface area contributed by atoms with Crippen molar-refractivity contribution in [3.63, 3.8) is 0 Å². The van der Waals surface area contributed by atoms with Gasteiger partial charge in [0.1, 0.15) is 11.8 Å². The van der Waals surface area contributed by atoms with E-state index in [-0.39, 0.29) is 29.9 Å². The number of nitrogens with one attached hydrogen (secondary N) is 1. The number of hydrogen-bond acceptors (Lipinski definition) is 3. The number of amides is 2. The molecule has 0 saturated carbocycles. The molecule has 1 N–H and O–H groups in total. The van der Waals surface area contributed by atoms with E-state index in [0.717, 1.165) is 23.1 Å². The highest BCUT2D eigenvalue weighted by molar-refractivity contribution is 5.88. The van der Waals surface area contributed by atoms with Crippen molar-refractivity contribution in [2.24, 2.45) is 0 Å². The van der Waals surface area contributed by atoms with Crippen LogP contribution in [0.1, 0.15) is 57.7 Å². The Bertz CT molecular complexity index is 1140. The van der Waals surface area contributed by atoms with Crippen LogP contribution in [0.5, 0.6) is 5.75 Å². The summed E-state index contributed by atoms with van der Waals surface area (Å²) in [7, 11) is 0. The largest absolute Gasteiger partial charge is 0.483 e. The molecule has 2 amide bonds. The van der Waals surface area contributed by atoms with Gasteiger partial charge in [-0.25, -0.2) is 0 Å². The third-order valence-electron chi connectivity index (χ3n) is 6.51. The van der Waals surface area contributed by atoms with Crippen molar-refractivity contribution in [2.75, 3.05) is 6.61 Å². The zero-order valence-corrected chi connectivity index (χ0v) is 22.7. The van der Waals surface area contributed by atoms with E-state index in [2.05, 4.69) is 26.1 Å². The molecular formula is C32H40N2O3. The van der Waals surface area contributed by atoms with Crippen LogP contribution < -0.4 is 10.1 Å². The van der Waals surface area contributed by atoms with Crippen LogP contribution in [0.2, 0.25) is 0 Å². The third-order valence-corrected chi connectivity index (χ3v) is 6.51. The molecule has 3 aromatic rings. The minimum Gasteiger partial charge on any atom is -0.483 e. The number of hydrogen-bond donors (Lipinski definition) is 1. The Morgan fingerprint density at radius 2 is 1.43 bits per heavy atom. The van der Waals surface area contributed by atoms with Gasteiger partial charge in [-0.1, -0.05) is 107 Å². The number of nitrogens with zero attached hydrogens (tertiary/aromatic N) is 1. The highest BCUT2D eigenvalue weighted by Gasteiger charge is 2.31. The van der Waals surface area contributed by atoms with Crippen LogP contribution in [0.4, 0.5) is 0 Å². The lowest BCUT2D eigenvalue weighted by atomic mass is 9.86. The van der Waals surface area contributed by atoms with Gasteiger partial charge in [0.15, 0.2) is 6.61 Å². The number of carbonyl (C=O) groups excluding carboxylic acids is 2. The monoisotopic (exact) mass is 500 g/mol. The van der Waals surface area contributed by atoms with Crippen LogP contribution in [-0.4, -0.2) is 35.4 Å². The van der Waals surface area contributed by atoms with Gasteiger partial charge >= 0.3 is 0 Å². The first-order valence-electron chi connectivity index (χ1n) is 13.1. The molecule has 0 aliphatic heterocycles. The predicted octanol–water partition coefficient (Wildman–Crippen LogP) is 5.92. The minimum atomic E-state index is -0.675. The zero-order chi connectivity index (χ0) is 26.8. The first-order valence-corrected chi connectivity index (χ1v) is 13.1. The lowest BCUT2D eigenvalue weighted by Crippen LogP contribution is -2.53. The molecule has 0 spiro atoms. The molecule has 3 aromatic carbocycles. The average molecular weight is 501 g/mol. The summed E-state index contributed by atoms with van der Waals surface area (Å²) in [5.41, 5.74) is 2.86. The fraction of sp³-hybridized carbons (Fsp3) is 0.375. The van der Waals surface area contributed by atoms with Gasteiger partial charge in [0.05, 0.1) is 0 Å². The lowest BCUT2D eigenvalue weighted by Gasteiger charge is -2.32.